The Bertz CT molecular complexity index is 868. The SMILES string of the molecule is Cc1nc(Nc2cccc(Br)c2)cc(C(=O)Nc2ccccc2)n1. The summed E-state index contributed by atoms with van der Waals surface area (Å²) >= 11 is 3.43. The fraction of sp³-hybridized carbons (Fsp3) is 0.0556. The highest BCUT2D eigenvalue weighted by atomic mass is 79.9. The Hall–Kier alpha value is -2.73. The fourth-order valence-electron chi connectivity index (χ4n) is 2.18. The zero-order valence-electron chi connectivity index (χ0n) is 13.0. The summed E-state index contributed by atoms with van der Waals surface area (Å²) in [6.07, 6.45) is 0. The minimum Gasteiger partial charge on any atom is -0.340 e. The van der Waals surface area contributed by atoms with Crippen molar-refractivity contribution in [3.05, 3.63) is 76.7 Å². The van der Waals surface area contributed by atoms with Crippen LogP contribution in [0.1, 0.15) is 16.3 Å². The number of anilines is 3. The molecule has 0 bridgehead atoms. The number of amides is 1. The molecule has 1 aromatic heterocycles. The fourth-order valence-corrected chi connectivity index (χ4v) is 2.58. The summed E-state index contributed by atoms with van der Waals surface area (Å²) < 4.78 is 0.959. The maximum absolute atomic E-state index is 12.4. The van der Waals surface area contributed by atoms with Gasteiger partial charge in [0.2, 0.25) is 0 Å². The minimum absolute atomic E-state index is 0.274. The first-order chi connectivity index (χ1) is 11.6. The van der Waals surface area contributed by atoms with Gasteiger partial charge in [0, 0.05) is 21.9 Å². The van der Waals surface area contributed by atoms with E-state index in [1.807, 2.05) is 54.6 Å². The van der Waals surface area contributed by atoms with E-state index in [4.69, 9.17) is 0 Å². The Kier molecular flexibility index (Phi) is 4.86. The lowest BCUT2D eigenvalue weighted by Crippen LogP contribution is -2.15. The van der Waals surface area contributed by atoms with E-state index in [1.54, 1.807) is 13.0 Å². The van der Waals surface area contributed by atoms with Crippen molar-refractivity contribution in [1.82, 2.24) is 9.97 Å². The second-order valence-corrected chi connectivity index (χ2v) is 6.06. The Morgan fingerprint density at radius 3 is 2.46 bits per heavy atom. The van der Waals surface area contributed by atoms with Gasteiger partial charge in [-0.2, -0.15) is 0 Å². The van der Waals surface area contributed by atoms with Crippen LogP contribution in [0.3, 0.4) is 0 Å². The van der Waals surface area contributed by atoms with Gasteiger partial charge in [0.25, 0.3) is 5.91 Å². The predicted molar refractivity (Wildman–Crippen MR) is 98.6 cm³/mol. The lowest BCUT2D eigenvalue weighted by atomic mass is 10.3. The summed E-state index contributed by atoms with van der Waals surface area (Å²) in [6, 6.07) is 18.6. The van der Waals surface area contributed by atoms with E-state index in [-0.39, 0.29) is 5.91 Å². The summed E-state index contributed by atoms with van der Waals surface area (Å²) in [6.45, 7) is 1.76. The van der Waals surface area contributed by atoms with Crippen LogP contribution >= 0.6 is 15.9 Å². The van der Waals surface area contributed by atoms with Crippen LogP contribution in [0.25, 0.3) is 0 Å². The third-order valence-corrected chi connectivity index (χ3v) is 3.69. The van der Waals surface area contributed by atoms with Crippen LogP contribution in [-0.2, 0) is 0 Å². The van der Waals surface area contributed by atoms with Gasteiger partial charge >= 0.3 is 0 Å². The average Bonchev–Trinajstić information content (AvgIpc) is 2.55. The number of nitrogens with zero attached hydrogens (tertiary/aromatic N) is 2. The van der Waals surface area contributed by atoms with Crippen LogP contribution in [0.15, 0.2) is 65.1 Å². The summed E-state index contributed by atoms with van der Waals surface area (Å²) in [7, 11) is 0. The van der Waals surface area contributed by atoms with Gasteiger partial charge in [-0.3, -0.25) is 4.79 Å². The molecule has 0 aliphatic rings. The average molecular weight is 383 g/mol. The summed E-state index contributed by atoms with van der Waals surface area (Å²) in [5.41, 5.74) is 1.90. The smallest absolute Gasteiger partial charge is 0.274 e. The molecule has 0 unspecified atom stereocenters. The number of halogens is 1. The maximum atomic E-state index is 12.4. The zero-order valence-corrected chi connectivity index (χ0v) is 14.5. The maximum Gasteiger partial charge on any atom is 0.274 e. The van der Waals surface area contributed by atoms with Crippen LogP contribution in [0.4, 0.5) is 17.2 Å². The number of aromatic nitrogens is 2. The van der Waals surface area contributed by atoms with E-state index >= 15 is 0 Å². The predicted octanol–water partition coefficient (Wildman–Crippen LogP) is 4.54. The first-order valence-corrected chi connectivity index (χ1v) is 8.14. The third-order valence-electron chi connectivity index (χ3n) is 3.20. The van der Waals surface area contributed by atoms with Crippen molar-refractivity contribution in [2.75, 3.05) is 10.6 Å². The van der Waals surface area contributed by atoms with E-state index < -0.39 is 0 Å². The molecule has 0 radical (unpaired) electrons. The minimum atomic E-state index is -0.274. The molecule has 3 rings (SSSR count). The quantitative estimate of drug-likeness (QED) is 0.694. The molecular weight excluding hydrogens is 368 g/mol. The summed E-state index contributed by atoms with van der Waals surface area (Å²) in [4.78, 5) is 20.9. The van der Waals surface area contributed by atoms with Gasteiger partial charge in [0.05, 0.1) is 0 Å². The van der Waals surface area contributed by atoms with Crippen LogP contribution < -0.4 is 10.6 Å². The second kappa shape index (κ2) is 7.23. The molecule has 0 fully saturated rings. The van der Waals surface area contributed by atoms with Crippen molar-refractivity contribution in [1.29, 1.82) is 0 Å². The van der Waals surface area contributed by atoms with Gasteiger partial charge in [0.15, 0.2) is 0 Å². The van der Waals surface area contributed by atoms with Crippen LogP contribution in [0, 0.1) is 6.92 Å². The molecule has 24 heavy (non-hydrogen) atoms. The van der Waals surface area contributed by atoms with E-state index in [0.717, 1.165) is 15.8 Å². The molecular formula is C18H15BrN4O. The molecule has 0 saturated heterocycles. The van der Waals surface area contributed by atoms with Gasteiger partial charge in [-0.15, -0.1) is 0 Å². The van der Waals surface area contributed by atoms with E-state index in [1.165, 1.54) is 0 Å². The van der Waals surface area contributed by atoms with Crippen molar-refractivity contribution < 1.29 is 4.79 Å². The van der Waals surface area contributed by atoms with Crippen molar-refractivity contribution in [3.63, 3.8) is 0 Å². The molecule has 2 aromatic carbocycles. The molecule has 5 nitrogen and oxygen atoms in total. The molecule has 3 aromatic rings. The molecule has 0 atom stereocenters. The van der Waals surface area contributed by atoms with Crippen LogP contribution in [0.5, 0.6) is 0 Å². The lowest BCUT2D eigenvalue weighted by Gasteiger charge is -2.09. The van der Waals surface area contributed by atoms with Gasteiger partial charge in [-0.05, 0) is 37.3 Å². The van der Waals surface area contributed by atoms with Crippen molar-refractivity contribution in [2.24, 2.45) is 0 Å². The highest BCUT2D eigenvalue weighted by molar-refractivity contribution is 9.10. The molecule has 6 heteroatoms. The number of carbonyl (C=O) groups excluding carboxylic acids is 1. The number of carbonyl (C=O) groups is 1. The highest BCUT2D eigenvalue weighted by Crippen LogP contribution is 2.20. The third kappa shape index (κ3) is 4.17. The Labute approximate surface area is 148 Å². The molecule has 2 N–H and O–H groups in total. The molecule has 0 saturated carbocycles. The topological polar surface area (TPSA) is 66.9 Å². The number of para-hydroxylation sites is 1. The van der Waals surface area contributed by atoms with Crippen LogP contribution in [-0.4, -0.2) is 15.9 Å². The van der Waals surface area contributed by atoms with E-state index in [0.29, 0.717) is 17.3 Å². The first-order valence-electron chi connectivity index (χ1n) is 7.35. The normalized spacial score (nSPS) is 10.2. The largest absolute Gasteiger partial charge is 0.340 e. The molecule has 120 valence electrons. The zero-order chi connectivity index (χ0) is 16.9. The van der Waals surface area contributed by atoms with Gasteiger partial charge in [0.1, 0.15) is 17.3 Å². The number of aryl methyl sites for hydroxylation is 1. The van der Waals surface area contributed by atoms with Gasteiger partial charge in [-0.1, -0.05) is 40.2 Å². The van der Waals surface area contributed by atoms with E-state index in [9.17, 15) is 4.79 Å². The first kappa shape index (κ1) is 16.1. The standard InChI is InChI=1S/C18H15BrN4O/c1-12-20-16(18(24)23-14-7-3-2-4-8-14)11-17(21-12)22-15-9-5-6-13(19)10-15/h2-11H,1H3,(H,23,24)(H,20,21,22). The Morgan fingerprint density at radius 1 is 0.958 bits per heavy atom. The van der Waals surface area contributed by atoms with Gasteiger partial charge < -0.3 is 10.6 Å². The van der Waals surface area contributed by atoms with Crippen molar-refractivity contribution in [2.45, 2.75) is 6.92 Å². The Morgan fingerprint density at radius 2 is 1.71 bits per heavy atom. The highest BCUT2D eigenvalue weighted by Gasteiger charge is 2.11. The number of hydrogen-bond acceptors (Lipinski definition) is 4. The number of nitrogens with one attached hydrogen (secondary N) is 2. The van der Waals surface area contributed by atoms with E-state index in [2.05, 4.69) is 36.5 Å². The Balaban J connectivity index is 1.82. The van der Waals surface area contributed by atoms with Crippen LogP contribution in [0.2, 0.25) is 0 Å². The molecule has 0 aliphatic carbocycles. The van der Waals surface area contributed by atoms with Crippen molar-refractivity contribution >= 4 is 39.0 Å². The molecule has 0 aliphatic heterocycles. The molecule has 0 spiro atoms. The van der Waals surface area contributed by atoms with Crippen molar-refractivity contribution in [3.8, 4) is 0 Å². The molecule has 1 heterocycles. The summed E-state index contributed by atoms with van der Waals surface area (Å²) in [5, 5.41) is 6.00. The van der Waals surface area contributed by atoms with Gasteiger partial charge in [-0.25, -0.2) is 9.97 Å². The number of hydrogen-bond donors (Lipinski definition) is 2. The monoisotopic (exact) mass is 382 g/mol. The lowest BCUT2D eigenvalue weighted by molar-refractivity contribution is 0.102. The number of benzene rings is 2. The number of rotatable bonds is 4. The molecule has 1 amide bonds. The summed E-state index contributed by atoms with van der Waals surface area (Å²) in [5.74, 6) is 0.816. The second-order valence-electron chi connectivity index (χ2n) is 5.14.